The molecule has 0 unspecified atom stereocenters. The SMILES string of the molecule is CCCCNC(=S)Nc1ccc(OCC)c(OCC)c1. The van der Waals surface area contributed by atoms with Gasteiger partial charge in [0.05, 0.1) is 13.2 Å². The minimum Gasteiger partial charge on any atom is -0.490 e. The third-order valence-corrected chi connectivity index (χ3v) is 2.86. The van der Waals surface area contributed by atoms with Gasteiger partial charge in [-0.25, -0.2) is 0 Å². The Hall–Kier alpha value is -1.49. The normalized spacial score (nSPS) is 9.95. The van der Waals surface area contributed by atoms with E-state index >= 15 is 0 Å². The van der Waals surface area contributed by atoms with Crippen molar-refractivity contribution in [3.63, 3.8) is 0 Å². The lowest BCUT2D eigenvalue weighted by molar-refractivity contribution is 0.288. The molecule has 0 saturated heterocycles. The first-order valence-electron chi connectivity index (χ1n) is 7.15. The highest BCUT2D eigenvalue weighted by Gasteiger charge is 2.06. The van der Waals surface area contributed by atoms with Crippen molar-refractivity contribution in [3.05, 3.63) is 18.2 Å². The van der Waals surface area contributed by atoms with Crippen LogP contribution >= 0.6 is 12.2 Å². The van der Waals surface area contributed by atoms with Crippen molar-refractivity contribution in [2.75, 3.05) is 25.1 Å². The molecule has 20 heavy (non-hydrogen) atoms. The Morgan fingerprint density at radius 3 is 2.45 bits per heavy atom. The van der Waals surface area contributed by atoms with Crippen molar-refractivity contribution in [3.8, 4) is 11.5 Å². The molecule has 4 nitrogen and oxygen atoms in total. The van der Waals surface area contributed by atoms with E-state index in [0.29, 0.717) is 18.3 Å². The molecule has 0 saturated carbocycles. The molecule has 0 fully saturated rings. The second kappa shape index (κ2) is 9.42. The van der Waals surface area contributed by atoms with E-state index in [1.165, 1.54) is 0 Å². The van der Waals surface area contributed by atoms with Gasteiger partial charge in [0.1, 0.15) is 0 Å². The number of hydrogen-bond donors (Lipinski definition) is 2. The molecule has 0 atom stereocenters. The molecule has 1 aromatic carbocycles. The molecule has 0 aliphatic heterocycles. The second-order valence-corrected chi connectivity index (χ2v) is 4.67. The maximum Gasteiger partial charge on any atom is 0.170 e. The number of ether oxygens (including phenoxy) is 2. The van der Waals surface area contributed by atoms with Gasteiger partial charge >= 0.3 is 0 Å². The fourth-order valence-corrected chi connectivity index (χ4v) is 1.90. The van der Waals surface area contributed by atoms with Crippen molar-refractivity contribution >= 4 is 23.0 Å². The van der Waals surface area contributed by atoms with Crippen molar-refractivity contribution in [2.45, 2.75) is 33.6 Å². The largest absolute Gasteiger partial charge is 0.490 e. The first kappa shape index (κ1) is 16.6. The summed E-state index contributed by atoms with van der Waals surface area (Å²) in [5.74, 6) is 1.49. The first-order chi connectivity index (χ1) is 9.71. The topological polar surface area (TPSA) is 42.5 Å². The summed E-state index contributed by atoms with van der Waals surface area (Å²) in [6, 6.07) is 5.73. The highest BCUT2D eigenvalue weighted by Crippen LogP contribution is 2.30. The smallest absolute Gasteiger partial charge is 0.170 e. The van der Waals surface area contributed by atoms with Crippen LogP contribution in [0.3, 0.4) is 0 Å². The van der Waals surface area contributed by atoms with Crippen LogP contribution in [-0.2, 0) is 0 Å². The summed E-state index contributed by atoms with van der Waals surface area (Å²) in [5.41, 5.74) is 0.894. The summed E-state index contributed by atoms with van der Waals surface area (Å²) < 4.78 is 11.1. The van der Waals surface area contributed by atoms with Gasteiger partial charge in [-0.05, 0) is 44.6 Å². The Kier molecular flexibility index (Phi) is 7.80. The van der Waals surface area contributed by atoms with Crippen LogP contribution in [0.5, 0.6) is 11.5 Å². The third kappa shape index (κ3) is 5.65. The van der Waals surface area contributed by atoms with E-state index in [0.717, 1.165) is 36.6 Å². The molecule has 0 radical (unpaired) electrons. The molecule has 0 aliphatic rings. The van der Waals surface area contributed by atoms with Crippen molar-refractivity contribution in [2.24, 2.45) is 0 Å². The lowest BCUT2D eigenvalue weighted by Gasteiger charge is -2.14. The van der Waals surface area contributed by atoms with Gasteiger partial charge < -0.3 is 20.1 Å². The van der Waals surface area contributed by atoms with E-state index in [4.69, 9.17) is 21.7 Å². The Morgan fingerprint density at radius 2 is 1.80 bits per heavy atom. The summed E-state index contributed by atoms with van der Waals surface area (Å²) in [5, 5.41) is 6.95. The number of anilines is 1. The minimum atomic E-state index is 0.600. The average Bonchev–Trinajstić information content (AvgIpc) is 2.42. The highest BCUT2D eigenvalue weighted by atomic mass is 32.1. The van der Waals surface area contributed by atoms with E-state index < -0.39 is 0 Å². The predicted molar refractivity (Wildman–Crippen MR) is 87.9 cm³/mol. The van der Waals surface area contributed by atoms with Gasteiger partial charge in [0.2, 0.25) is 0 Å². The lowest BCUT2D eigenvalue weighted by atomic mass is 10.2. The van der Waals surface area contributed by atoms with E-state index in [-0.39, 0.29) is 0 Å². The number of rotatable bonds is 8. The first-order valence-corrected chi connectivity index (χ1v) is 7.56. The van der Waals surface area contributed by atoms with Gasteiger partial charge in [0.25, 0.3) is 0 Å². The Balaban J connectivity index is 2.66. The standard InChI is InChI=1S/C15H24N2O2S/c1-4-7-10-16-15(20)17-12-8-9-13(18-5-2)14(11-12)19-6-3/h8-9,11H,4-7,10H2,1-3H3,(H2,16,17,20). The van der Waals surface area contributed by atoms with Gasteiger partial charge in [-0.15, -0.1) is 0 Å². The van der Waals surface area contributed by atoms with Gasteiger partial charge in [0.15, 0.2) is 16.6 Å². The van der Waals surface area contributed by atoms with Crippen LogP contribution in [0.25, 0.3) is 0 Å². The molecule has 112 valence electrons. The van der Waals surface area contributed by atoms with E-state index in [1.807, 2.05) is 32.0 Å². The molecule has 5 heteroatoms. The number of thiocarbonyl (C=S) groups is 1. The number of nitrogens with one attached hydrogen (secondary N) is 2. The molecule has 1 aromatic rings. The van der Waals surface area contributed by atoms with E-state index in [1.54, 1.807) is 0 Å². The van der Waals surface area contributed by atoms with Crippen molar-refractivity contribution in [1.82, 2.24) is 5.32 Å². The van der Waals surface area contributed by atoms with Crippen molar-refractivity contribution in [1.29, 1.82) is 0 Å². The minimum absolute atomic E-state index is 0.600. The molecule has 1 rings (SSSR count). The third-order valence-electron chi connectivity index (χ3n) is 2.62. The van der Waals surface area contributed by atoms with Crippen molar-refractivity contribution < 1.29 is 9.47 Å². The molecular formula is C15H24N2O2S. The van der Waals surface area contributed by atoms with E-state index in [9.17, 15) is 0 Å². The van der Waals surface area contributed by atoms with Crippen LogP contribution < -0.4 is 20.1 Å². The van der Waals surface area contributed by atoms with Crippen LogP contribution in [0, 0.1) is 0 Å². The number of unbranched alkanes of at least 4 members (excludes halogenated alkanes) is 1. The van der Waals surface area contributed by atoms with Gasteiger partial charge in [-0.2, -0.15) is 0 Å². The fourth-order valence-electron chi connectivity index (χ4n) is 1.68. The van der Waals surface area contributed by atoms with Gasteiger partial charge in [-0.1, -0.05) is 13.3 Å². The highest BCUT2D eigenvalue weighted by molar-refractivity contribution is 7.80. The maximum absolute atomic E-state index is 5.58. The molecule has 0 heterocycles. The van der Waals surface area contributed by atoms with Gasteiger partial charge in [0, 0.05) is 18.3 Å². The molecule has 0 amide bonds. The van der Waals surface area contributed by atoms with Gasteiger partial charge in [-0.3, -0.25) is 0 Å². The summed E-state index contributed by atoms with van der Waals surface area (Å²) in [6.07, 6.45) is 2.25. The quantitative estimate of drug-likeness (QED) is 0.567. The molecule has 0 aromatic heterocycles. The summed E-state index contributed by atoms with van der Waals surface area (Å²) >= 11 is 5.25. The molecule has 2 N–H and O–H groups in total. The zero-order valence-electron chi connectivity index (χ0n) is 12.5. The zero-order valence-corrected chi connectivity index (χ0v) is 13.3. The molecule has 0 aliphatic carbocycles. The second-order valence-electron chi connectivity index (χ2n) is 4.26. The number of benzene rings is 1. The fraction of sp³-hybridized carbons (Fsp3) is 0.533. The van der Waals surface area contributed by atoms with Crippen LogP contribution in [0.4, 0.5) is 5.69 Å². The summed E-state index contributed by atoms with van der Waals surface area (Å²) in [6.45, 7) is 8.16. The molecular weight excluding hydrogens is 272 g/mol. The molecule has 0 bridgehead atoms. The van der Waals surface area contributed by atoms with Crippen LogP contribution in [0.15, 0.2) is 18.2 Å². The summed E-state index contributed by atoms with van der Waals surface area (Å²) in [7, 11) is 0. The lowest BCUT2D eigenvalue weighted by Crippen LogP contribution is -2.29. The average molecular weight is 296 g/mol. The van der Waals surface area contributed by atoms with Crippen LogP contribution in [0.1, 0.15) is 33.6 Å². The maximum atomic E-state index is 5.58. The zero-order chi connectivity index (χ0) is 14.8. The van der Waals surface area contributed by atoms with Crippen LogP contribution in [-0.4, -0.2) is 24.9 Å². The monoisotopic (exact) mass is 296 g/mol. The van der Waals surface area contributed by atoms with E-state index in [2.05, 4.69) is 17.6 Å². The summed E-state index contributed by atoms with van der Waals surface area (Å²) in [4.78, 5) is 0. The number of hydrogen-bond acceptors (Lipinski definition) is 3. The Labute approximate surface area is 126 Å². The predicted octanol–water partition coefficient (Wildman–Crippen LogP) is 3.57. The Bertz CT molecular complexity index is 424. The van der Waals surface area contributed by atoms with Crippen LogP contribution in [0.2, 0.25) is 0 Å². The Morgan fingerprint density at radius 1 is 1.10 bits per heavy atom. The molecule has 0 spiro atoms.